The summed E-state index contributed by atoms with van der Waals surface area (Å²) in [5.74, 6) is 2.65. The van der Waals surface area contributed by atoms with Crippen LogP contribution >= 0.6 is 0 Å². The molecular formula is C12H13N3. The lowest BCUT2D eigenvalue weighted by molar-refractivity contribution is 0.491. The van der Waals surface area contributed by atoms with Gasteiger partial charge >= 0.3 is 0 Å². The van der Waals surface area contributed by atoms with E-state index in [2.05, 4.69) is 16.2 Å². The number of rotatable bonds is 3. The smallest absolute Gasteiger partial charge is 0.140 e. The van der Waals surface area contributed by atoms with E-state index >= 15 is 0 Å². The van der Waals surface area contributed by atoms with E-state index < -0.39 is 0 Å². The molecule has 0 aliphatic carbocycles. The molecule has 3 nitrogen and oxygen atoms in total. The van der Waals surface area contributed by atoms with Gasteiger partial charge in [-0.1, -0.05) is 5.92 Å². The quantitative estimate of drug-likeness (QED) is 0.750. The summed E-state index contributed by atoms with van der Waals surface area (Å²) in [5, 5.41) is 11.9. The van der Waals surface area contributed by atoms with Crippen molar-refractivity contribution in [2.45, 2.75) is 25.9 Å². The zero-order valence-corrected chi connectivity index (χ0v) is 8.91. The van der Waals surface area contributed by atoms with E-state index in [0.717, 1.165) is 5.56 Å². The van der Waals surface area contributed by atoms with E-state index in [-0.39, 0.29) is 5.54 Å². The van der Waals surface area contributed by atoms with Gasteiger partial charge in [-0.25, -0.2) is 4.98 Å². The van der Waals surface area contributed by atoms with Crippen molar-refractivity contribution < 1.29 is 0 Å². The lowest BCUT2D eigenvalue weighted by Crippen LogP contribution is -2.36. The van der Waals surface area contributed by atoms with Crippen molar-refractivity contribution in [2.75, 3.05) is 0 Å². The van der Waals surface area contributed by atoms with Crippen molar-refractivity contribution in [1.29, 1.82) is 5.26 Å². The van der Waals surface area contributed by atoms with Gasteiger partial charge in [0.2, 0.25) is 0 Å². The Labute approximate surface area is 90.1 Å². The van der Waals surface area contributed by atoms with Crippen molar-refractivity contribution in [3.05, 3.63) is 29.6 Å². The molecule has 76 valence electrons. The molecule has 0 aliphatic heterocycles. The highest BCUT2D eigenvalue weighted by Gasteiger charge is 2.11. The molecule has 0 bridgehead atoms. The van der Waals surface area contributed by atoms with Crippen LogP contribution in [0.4, 0.5) is 0 Å². The molecule has 0 atom stereocenters. The van der Waals surface area contributed by atoms with Gasteiger partial charge in [-0.05, 0) is 31.5 Å². The van der Waals surface area contributed by atoms with Crippen molar-refractivity contribution in [3.63, 3.8) is 0 Å². The minimum atomic E-state index is -0.337. The third-order valence-electron chi connectivity index (χ3n) is 2.03. The summed E-state index contributed by atoms with van der Waals surface area (Å²) in [6.07, 6.45) is 6.97. The highest BCUT2D eigenvalue weighted by atomic mass is 14.9. The average molecular weight is 199 g/mol. The fourth-order valence-electron chi connectivity index (χ4n) is 1.02. The Bertz CT molecular complexity index is 421. The number of aromatic nitrogens is 1. The van der Waals surface area contributed by atoms with Crippen LogP contribution in [0.3, 0.4) is 0 Å². The second kappa shape index (κ2) is 4.59. The first-order valence-electron chi connectivity index (χ1n) is 4.65. The number of hydrogen-bond donors (Lipinski definition) is 1. The maximum Gasteiger partial charge on any atom is 0.140 e. The minimum absolute atomic E-state index is 0.337. The molecule has 0 amide bonds. The van der Waals surface area contributed by atoms with E-state index in [4.69, 9.17) is 11.7 Å². The second-order valence-corrected chi connectivity index (χ2v) is 3.78. The normalized spacial score (nSPS) is 10.4. The van der Waals surface area contributed by atoms with Gasteiger partial charge in [0.05, 0.1) is 5.54 Å². The predicted octanol–water partition coefficient (Wildman–Crippen LogP) is 1.45. The van der Waals surface area contributed by atoms with Crippen LogP contribution in [0.1, 0.15) is 25.1 Å². The molecule has 0 aromatic carbocycles. The number of pyridine rings is 1. The third-order valence-corrected chi connectivity index (χ3v) is 2.03. The Hall–Kier alpha value is -1.84. The second-order valence-electron chi connectivity index (χ2n) is 3.78. The van der Waals surface area contributed by atoms with Crippen molar-refractivity contribution in [1.82, 2.24) is 10.3 Å². The average Bonchev–Trinajstić information content (AvgIpc) is 2.27. The topological polar surface area (TPSA) is 48.7 Å². The maximum atomic E-state index is 8.67. The summed E-state index contributed by atoms with van der Waals surface area (Å²) >= 11 is 0. The van der Waals surface area contributed by atoms with Crippen LogP contribution in [0, 0.1) is 23.7 Å². The Kier molecular flexibility index (Phi) is 3.44. The van der Waals surface area contributed by atoms with Gasteiger partial charge in [-0.15, -0.1) is 6.42 Å². The standard InChI is InChI=1S/C12H13N3/c1-4-12(2,3)15-9-10-5-6-14-11(7-10)8-13/h1,5-7,15H,9H2,2-3H3. The molecule has 1 rings (SSSR count). The molecule has 0 unspecified atom stereocenters. The van der Waals surface area contributed by atoms with E-state index in [1.165, 1.54) is 0 Å². The van der Waals surface area contributed by atoms with Crippen LogP contribution in [-0.2, 0) is 6.54 Å². The van der Waals surface area contributed by atoms with Gasteiger partial charge in [0.1, 0.15) is 11.8 Å². The third kappa shape index (κ3) is 3.42. The van der Waals surface area contributed by atoms with Gasteiger partial charge in [0, 0.05) is 12.7 Å². The molecule has 1 aromatic heterocycles. The van der Waals surface area contributed by atoms with Crippen LogP contribution < -0.4 is 5.32 Å². The summed E-state index contributed by atoms with van der Waals surface area (Å²) < 4.78 is 0. The van der Waals surface area contributed by atoms with Crippen LogP contribution in [-0.4, -0.2) is 10.5 Å². The molecule has 1 N–H and O–H groups in total. The Morgan fingerprint density at radius 3 is 2.93 bits per heavy atom. The number of nitrogens with one attached hydrogen (secondary N) is 1. The van der Waals surface area contributed by atoms with Crippen molar-refractivity contribution in [2.24, 2.45) is 0 Å². The fourth-order valence-corrected chi connectivity index (χ4v) is 1.02. The number of hydrogen-bond acceptors (Lipinski definition) is 3. The molecule has 0 saturated carbocycles. The lowest BCUT2D eigenvalue weighted by Gasteiger charge is -2.19. The molecule has 1 aromatic rings. The molecule has 1 heterocycles. The van der Waals surface area contributed by atoms with Gasteiger partial charge < -0.3 is 0 Å². The molecule has 0 saturated heterocycles. The summed E-state index contributed by atoms with van der Waals surface area (Å²) in [6.45, 7) is 4.49. The van der Waals surface area contributed by atoms with Crippen LogP contribution in [0.2, 0.25) is 0 Å². The van der Waals surface area contributed by atoms with Crippen LogP contribution in [0.5, 0.6) is 0 Å². The minimum Gasteiger partial charge on any atom is -0.298 e. The SMILES string of the molecule is C#CC(C)(C)NCc1ccnc(C#N)c1. The monoisotopic (exact) mass is 199 g/mol. The Morgan fingerprint density at radius 2 is 2.33 bits per heavy atom. The largest absolute Gasteiger partial charge is 0.298 e. The van der Waals surface area contributed by atoms with Gasteiger partial charge in [-0.2, -0.15) is 5.26 Å². The van der Waals surface area contributed by atoms with E-state index in [0.29, 0.717) is 12.2 Å². The zero-order valence-electron chi connectivity index (χ0n) is 8.91. The van der Waals surface area contributed by atoms with Crippen molar-refractivity contribution >= 4 is 0 Å². The highest BCUT2D eigenvalue weighted by molar-refractivity contribution is 5.25. The van der Waals surface area contributed by atoms with Gasteiger partial charge in [-0.3, -0.25) is 5.32 Å². The highest BCUT2D eigenvalue weighted by Crippen LogP contribution is 2.04. The zero-order chi connectivity index (χ0) is 11.3. The number of nitrogens with zero attached hydrogens (tertiary/aromatic N) is 2. The molecule has 0 aliphatic rings. The fraction of sp³-hybridized carbons (Fsp3) is 0.333. The lowest BCUT2D eigenvalue weighted by atomic mass is 10.1. The van der Waals surface area contributed by atoms with Crippen LogP contribution in [0.25, 0.3) is 0 Å². The van der Waals surface area contributed by atoms with Crippen LogP contribution in [0.15, 0.2) is 18.3 Å². The van der Waals surface area contributed by atoms with Crippen molar-refractivity contribution in [3.8, 4) is 18.4 Å². The first kappa shape index (κ1) is 11.2. The first-order chi connectivity index (χ1) is 7.07. The number of terminal acetylenes is 1. The summed E-state index contributed by atoms with van der Waals surface area (Å²) in [4.78, 5) is 3.89. The predicted molar refractivity (Wildman–Crippen MR) is 58.7 cm³/mol. The van der Waals surface area contributed by atoms with E-state index in [9.17, 15) is 0 Å². The van der Waals surface area contributed by atoms with E-state index in [1.54, 1.807) is 12.3 Å². The number of nitriles is 1. The molecule has 0 spiro atoms. The Morgan fingerprint density at radius 1 is 1.60 bits per heavy atom. The first-order valence-corrected chi connectivity index (χ1v) is 4.65. The molecule has 0 fully saturated rings. The molecule has 3 heteroatoms. The summed E-state index contributed by atoms with van der Waals surface area (Å²) in [7, 11) is 0. The summed E-state index contributed by atoms with van der Waals surface area (Å²) in [6, 6.07) is 5.61. The Balaban J connectivity index is 2.67. The van der Waals surface area contributed by atoms with E-state index in [1.807, 2.05) is 26.0 Å². The van der Waals surface area contributed by atoms with Gasteiger partial charge in [0.25, 0.3) is 0 Å². The molecule has 0 radical (unpaired) electrons. The van der Waals surface area contributed by atoms with Gasteiger partial charge in [0.15, 0.2) is 0 Å². The molecular weight excluding hydrogens is 186 g/mol. The molecule has 15 heavy (non-hydrogen) atoms. The summed E-state index contributed by atoms with van der Waals surface area (Å²) in [5.41, 5.74) is 1.09. The maximum absolute atomic E-state index is 8.67.